The van der Waals surface area contributed by atoms with Crippen LogP contribution in [0, 0.1) is 6.92 Å². The molecule has 0 radical (unpaired) electrons. The summed E-state index contributed by atoms with van der Waals surface area (Å²) < 4.78 is 4.74. The molecule has 0 fully saturated rings. The van der Waals surface area contributed by atoms with Gasteiger partial charge in [0.15, 0.2) is 0 Å². The van der Waals surface area contributed by atoms with Crippen LogP contribution >= 0.6 is 0 Å². The molecule has 5 nitrogen and oxygen atoms in total. The molecular formula is C14H15N3O2. The number of nitrogens with two attached hydrogens (primary N) is 1. The van der Waals surface area contributed by atoms with Gasteiger partial charge in [-0.15, -0.1) is 0 Å². The first-order valence-electron chi connectivity index (χ1n) is 5.77. The summed E-state index contributed by atoms with van der Waals surface area (Å²) in [6.07, 6.45) is 1.70. The lowest BCUT2D eigenvalue weighted by Gasteiger charge is -2.11. The molecule has 5 heteroatoms. The first kappa shape index (κ1) is 12.9. The summed E-state index contributed by atoms with van der Waals surface area (Å²) in [5.74, 6) is -0.435. The minimum absolute atomic E-state index is 0.392. The molecule has 1 aromatic heterocycles. The topological polar surface area (TPSA) is 77.2 Å². The highest BCUT2D eigenvalue weighted by Crippen LogP contribution is 2.23. The predicted molar refractivity (Wildman–Crippen MR) is 74.5 cm³/mol. The number of methoxy groups -OCH3 is 1. The zero-order valence-corrected chi connectivity index (χ0v) is 10.8. The fraction of sp³-hybridized carbons (Fsp3) is 0.143. The number of aryl methyl sites for hydroxylation is 1. The number of pyridine rings is 1. The lowest BCUT2D eigenvalue weighted by Crippen LogP contribution is -2.06. The summed E-state index contributed by atoms with van der Waals surface area (Å²) in [4.78, 5) is 15.9. The molecule has 2 rings (SSSR count). The van der Waals surface area contributed by atoms with Crippen molar-refractivity contribution in [2.45, 2.75) is 6.92 Å². The Labute approximate surface area is 111 Å². The zero-order valence-electron chi connectivity index (χ0n) is 10.8. The standard InChI is InChI=1S/C14H15N3O2/c1-9-3-5-11(8-16-9)17-13-6-4-10(15)7-12(13)14(18)19-2/h3-8,17H,15H2,1-2H3. The van der Waals surface area contributed by atoms with Gasteiger partial charge in [0, 0.05) is 11.4 Å². The minimum Gasteiger partial charge on any atom is -0.465 e. The van der Waals surface area contributed by atoms with E-state index in [1.165, 1.54) is 7.11 Å². The van der Waals surface area contributed by atoms with Gasteiger partial charge in [-0.1, -0.05) is 0 Å². The monoisotopic (exact) mass is 257 g/mol. The number of carbonyl (C=O) groups excluding carboxylic acids is 1. The Morgan fingerprint density at radius 3 is 2.74 bits per heavy atom. The number of nitrogen functional groups attached to an aromatic ring is 1. The van der Waals surface area contributed by atoms with Gasteiger partial charge in [-0.05, 0) is 37.3 Å². The third-order valence-corrected chi connectivity index (χ3v) is 2.64. The lowest BCUT2D eigenvalue weighted by atomic mass is 10.1. The van der Waals surface area contributed by atoms with Gasteiger partial charge in [-0.3, -0.25) is 4.98 Å². The number of rotatable bonds is 3. The van der Waals surface area contributed by atoms with E-state index in [0.717, 1.165) is 11.4 Å². The Morgan fingerprint density at radius 2 is 2.11 bits per heavy atom. The van der Waals surface area contributed by atoms with Crippen molar-refractivity contribution in [3.05, 3.63) is 47.8 Å². The van der Waals surface area contributed by atoms with Crippen molar-refractivity contribution in [2.75, 3.05) is 18.2 Å². The molecule has 0 atom stereocenters. The summed E-state index contributed by atoms with van der Waals surface area (Å²) >= 11 is 0. The van der Waals surface area contributed by atoms with E-state index >= 15 is 0 Å². The summed E-state index contributed by atoms with van der Waals surface area (Å²) in [5.41, 5.74) is 8.93. The van der Waals surface area contributed by atoms with E-state index in [9.17, 15) is 4.79 Å². The Hall–Kier alpha value is -2.56. The normalized spacial score (nSPS) is 10.0. The van der Waals surface area contributed by atoms with Crippen LogP contribution < -0.4 is 11.1 Å². The Morgan fingerprint density at radius 1 is 1.32 bits per heavy atom. The number of hydrogen-bond donors (Lipinski definition) is 2. The van der Waals surface area contributed by atoms with Crippen LogP contribution in [0.15, 0.2) is 36.5 Å². The number of hydrogen-bond acceptors (Lipinski definition) is 5. The van der Waals surface area contributed by atoms with Crippen molar-refractivity contribution in [1.82, 2.24) is 4.98 Å². The number of ether oxygens (including phenoxy) is 1. The molecule has 2 aromatic rings. The SMILES string of the molecule is COC(=O)c1cc(N)ccc1Nc1ccc(C)nc1. The third kappa shape index (κ3) is 3.01. The van der Waals surface area contributed by atoms with Gasteiger partial charge in [0.25, 0.3) is 0 Å². The van der Waals surface area contributed by atoms with Crippen LogP contribution in [0.25, 0.3) is 0 Å². The summed E-state index contributed by atoms with van der Waals surface area (Å²) in [6.45, 7) is 1.91. The maximum absolute atomic E-state index is 11.7. The average Bonchev–Trinajstić information content (AvgIpc) is 2.42. The molecule has 0 aliphatic rings. The molecule has 0 saturated carbocycles. The molecule has 19 heavy (non-hydrogen) atoms. The van der Waals surface area contributed by atoms with Crippen LogP contribution in [0.1, 0.15) is 16.1 Å². The molecule has 0 aliphatic carbocycles. The molecule has 0 aliphatic heterocycles. The van der Waals surface area contributed by atoms with E-state index in [1.807, 2.05) is 19.1 Å². The smallest absolute Gasteiger partial charge is 0.340 e. The van der Waals surface area contributed by atoms with Gasteiger partial charge < -0.3 is 15.8 Å². The number of anilines is 3. The lowest BCUT2D eigenvalue weighted by molar-refractivity contribution is 0.0602. The number of nitrogens with one attached hydrogen (secondary N) is 1. The second kappa shape index (κ2) is 5.39. The summed E-state index contributed by atoms with van der Waals surface area (Å²) in [7, 11) is 1.34. The van der Waals surface area contributed by atoms with Crippen LogP contribution in [0.2, 0.25) is 0 Å². The third-order valence-electron chi connectivity index (χ3n) is 2.64. The summed E-state index contributed by atoms with van der Waals surface area (Å²) in [5, 5.41) is 3.12. The van der Waals surface area contributed by atoms with Gasteiger partial charge in [0.05, 0.1) is 30.2 Å². The van der Waals surface area contributed by atoms with Crippen LogP contribution in [-0.4, -0.2) is 18.1 Å². The molecule has 0 bridgehead atoms. The number of esters is 1. The number of aromatic nitrogens is 1. The molecule has 98 valence electrons. The van der Waals surface area contributed by atoms with E-state index in [0.29, 0.717) is 16.9 Å². The van der Waals surface area contributed by atoms with Gasteiger partial charge in [-0.2, -0.15) is 0 Å². The van der Waals surface area contributed by atoms with Gasteiger partial charge in [0.2, 0.25) is 0 Å². The molecule has 0 amide bonds. The molecule has 1 heterocycles. The maximum atomic E-state index is 11.7. The van der Waals surface area contributed by atoms with Gasteiger partial charge >= 0.3 is 5.97 Å². The van der Waals surface area contributed by atoms with Crippen molar-refractivity contribution in [2.24, 2.45) is 0 Å². The first-order valence-corrected chi connectivity index (χ1v) is 5.77. The number of nitrogens with zero attached hydrogens (tertiary/aromatic N) is 1. The molecule has 1 aromatic carbocycles. The molecule has 0 saturated heterocycles. The Kier molecular flexibility index (Phi) is 3.66. The number of benzene rings is 1. The van der Waals surface area contributed by atoms with Crippen LogP contribution in [0.3, 0.4) is 0 Å². The van der Waals surface area contributed by atoms with Crippen LogP contribution in [0.5, 0.6) is 0 Å². The van der Waals surface area contributed by atoms with E-state index in [2.05, 4.69) is 10.3 Å². The van der Waals surface area contributed by atoms with Crippen molar-refractivity contribution in [1.29, 1.82) is 0 Å². The average molecular weight is 257 g/mol. The van der Waals surface area contributed by atoms with Crippen molar-refractivity contribution in [3.8, 4) is 0 Å². The van der Waals surface area contributed by atoms with Crippen molar-refractivity contribution >= 4 is 23.0 Å². The largest absolute Gasteiger partial charge is 0.465 e. The highest BCUT2D eigenvalue weighted by molar-refractivity contribution is 5.97. The fourth-order valence-electron chi connectivity index (χ4n) is 1.65. The second-order valence-electron chi connectivity index (χ2n) is 4.11. The highest BCUT2D eigenvalue weighted by atomic mass is 16.5. The molecular weight excluding hydrogens is 242 g/mol. The van der Waals surface area contributed by atoms with E-state index in [4.69, 9.17) is 10.5 Å². The van der Waals surface area contributed by atoms with Crippen LogP contribution in [0.4, 0.5) is 17.1 Å². The van der Waals surface area contributed by atoms with Crippen LogP contribution in [-0.2, 0) is 4.74 Å². The summed E-state index contributed by atoms with van der Waals surface area (Å²) in [6, 6.07) is 8.81. The van der Waals surface area contributed by atoms with Gasteiger partial charge in [0.1, 0.15) is 0 Å². The fourth-order valence-corrected chi connectivity index (χ4v) is 1.65. The maximum Gasteiger partial charge on any atom is 0.340 e. The van der Waals surface area contributed by atoms with Gasteiger partial charge in [-0.25, -0.2) is 4.79 Å². The molecule has 0 spiro atoms. The minimum atomic E-state index is -0.435. The van der Waals surface area contributed by atoms with E-state index in [1.54, 1.807) is 24.4 Å². The number of carbonyl (C=O) groups is 1. The first-order chi connectivity index (χ1) is 9.10. The second-order valence-corrected chi connectivity index (χ2v) is 4.11. The van der Waals surface area contributed by atoms with Crippen molar-refractivity contribution in [3.63, 3.8) is 0 Å². The van der Waals surface area contributed by atoms with E-state index in [-0.39, 0.29) is 0 Å². The zero-order chi connectivity index (χ0) is 13.8. The predicted octanol–water partition coefficient (Wildman–Crippen LogP) is 2.50. The quantitative estimate of drug-likeness (QED) is 0.652. The van der Waals surface area contributed by atoms with Crippen molar-refractivity contribution < 1.29 is 9.53 Å². The van der Waals surface area contributed by atoms with E-state index < -0.39 is 5.97 Å². The Balaban J connectivity index is 2.34. The molecule has 3 N–H and O–H groups in total. The Bertz CT molecular complexity index is 594. The highest BCUT2D eigenvalue weighted by Gasteiger charge is 2.12. The molecule has 0 unspecified atom stereocenters.